The smallest absolute Gasteiger partial charge is 0.395 e. The minimum absolute atomic E-state index is 0.0204. The Morgan fingerprint density at radius 3 is 1.52 bits per heavy atom. The van der Waals surface area contributed by atoms with E-state index < -0.39 is 78.8 Å². The SMILES string of the molecule is CS(=O)(=O)CCC(c1cccc(-n2cc(-c3ccnc(N)c3N)cn2)n1)C(F)(F)F.CS(=O)(=O)CCC(c1cccc(-n2cc(-c3ccnc(N)c3[N+](=O)[O-])cn2)n1)C(F)(F)F. The average molecular weight is 911 g/mol. The second-order valence-corrected chi connectivity index (χ2v) is 18.2. The van der Waals surface area contributed by atoms with E-state index >= 15 is 0 Å². The number of rotatable bonds is 13. The van der Waals surface area contributed by atoms with Crippen LogP contribution in [0, 0.1) is 10.1 Å². The second-order valence-electron chi connectivity index (χ2n) is 13.7. The molecule has 6 aromatic heterocycles. The van der Waals surface area contributed by atoms with Gasteiger partial charge >= 0.3 is 18.0 Å². The van der Waals surface area contributed by atoms with E-state index in [0.717, 1.165) is 23.3 Å². The van der Waals surface area contributed by atoms with E-state index in [0.29, 0.717) is 11.1 Å². The average Bonchev–Trinajstić information content (AvgIpc) is 3.86. The van der Waals surface area contributed by atoms with Crippen LogP contribution in [0.3, 0.4) is 0 Å². The number of halogens is 6. The lowest BCUT2D eigenvalue weighted by atomic mass is 10.0. The zero-order valence-corrected chi connectivity index (χ0v) is 34.0. The van der Waals surface area contributed by atoms with Gasteiger partial charge in [0.2, 0.25) is 5.82 Å². The number of aromatic nitrogens is 8. The maximum absolute atomic E-state index is 13.6. The van der Waals surface area contributed by atoms with Crippen LogP contribution in [0.1, 0.15) is 36.1 Å². The minimum Gasteiger partial charge on any atom is -0.395 e. The Morgan fingerprint density at radius 2 is 1.10 bits per heavy atom. The summed E-state index contributed by atoms with van der Waals surface area (Å²) in [5, 5.41) is 19.5. The van der Waals surface area contributed by atoms with Gasteiger partial charge in [-0.05, 0) is 49.2 Å². The van der Waals surface area contributed by atoms with E-state index in [4.69, 9.17) is 17.2 Å². The fraction of sp³-hybridized carbons (Fsp3) is 0.278. The largest absolute Gasteiger partial charge is 0.397 e. The molecule has 6 N–H and O–H groups in total. The minimum atomic E-state index is -4.71. The van der Waals surface area contributed by atoms with Crippen molar-refractivity contribution in [2.45, 2.75) is 37.0 Å². The monoisotopic (exact) mass is 910 g/mol. The normalized spacial score (nSPS) is 13.2. The van der Waals surface area contributed by atoms with Gasteiger partial charge in [-0.1, -0.05) is 12.1 Å². The quantitative estimate of drug-likeness (QED) is 0.0736. The third kappa shape index (κ3) is 11.8. The highest BCUT2D eigenvalue weighted by atomic mass is 32.2. The first-order chi connectivity index (χ1) is 28.8. The highest BCUT2D eigenvalue weighted by Gasteiger charge is 2.43. The molecule has 0 fully saturated rings. The number of sulfone groups is 2. The number of nitro groups is 1. The number of alkyl halides is 6. The molecule has 0 aromatic carbocycles. The van der Waals surface area contributed by atoms with E-state index in [1.165, 1.54) is 72.1 Å². The molecule has 26 heteroatoms. The molecule has 330 valence electrons. The van der Waals surface area contributed by atoms with Crippen molar-refractivity contribution in [1.29, 1.82) is 0 Å². The molecule has 0 aliphatic rings. The molecule has 0 spiro atoms. The number of nitrogens with two attached hydrogens (primary N) is 3. The van der Waals surface area contributed by atoms with E-state index in [9.17, 15) is 53.3 Å². The van der Waals surface area contributed by atoms with E-state index in [1.807, 2.05) is 0 Å². The molecule has 0 amide bonds. The van der Waals surface area contributed by atoms with Crippen LogP contribution in [0.5, 0.6) is 0 Å². The molecule has 62 heavy (non-hydrogen) atoms. The zero-order valence-electron chi connectivity index (χ0n) is 32.4. The zero-order chi connectivity index (χ0) is 45.8. The van der Waals surface area contributed by atoms with Gasteiger partial charge in [0.25, 0.3) is 0 Å². The molecule has 0 saturated carbocycles. The molecule has 2 unspecified atom stereocenters. The van der Waals surface area contributed by atoms with Gasteiger partial charge in [0, 0.05) is 54.0 Å². The Kier molecular flexibility index (Phi) is 13.5. The first-order valence-electron chi connectivity index (χ1n) is 17.7. The van der Waals surface area contributed by atoms with Crippen LogP contribution in [0.15, 0.2) is 85.7 Å². The Bertz CT molecular complexity index is 2800. The van der Waals surface area contributed by atoms with Crippen molar-refractivity contribution in [3.8, 4) is 33.9 Å². The van der Waals surface area contributed by atoms with Gasteiger partial charge in [0.05, 0.1) is 63.3 Å². The fourth-order valence-electron chi connectivity index (χ4n) is 5.96. The van der Waals surface area contributed by atoms with Crippen LogP contribution in [0.25, 0.3) is 33.9 Å². The third-order valence-corrected chi connectivity index (χ3v) is 10.9. The van der Waals surface area contributed by atoms with Crippen molar-refractivity contribution in [3.63, 3.8) is 0 Å². The predicted molar refractivity (Wildman–Crippen MR) is 215 cm³/mol. The van der Waals surface area contributed by atoms with Gasteiger partial charge in [-0.15, -0.1) is 0 Å². The molecule has 0 bridgehead atoms. The van der Waals surface area contributed by atoms with Crippen molar-refractivity contribution < 1.29 is 48.1 Å². The maximum Gasteiger partial charge on any atom is 0.397 e. The van der Waals surface area contributed by atoms with Gasteiger partial charge in [0.1, 0.15) is 25.5 Å². The highest BCUT2D eigenvalue weighted by molar-refractivity contribution is 7.90. The lowest BCUT2D eigenvalue weighted by Gasteiger charge is -2.20. The van der Waals surface area contributed by atoms with Crippen LogP contribution < -0.4 is 17.2 Å². The van der Waals surface area contributed by atoms with Crippen molar-refractivity contribution in [3.05, 3.63) is 107 Å². The Hall–Kier alpha value is -6.70. The van der Waals surface area contributed by atoms with Gasteiger partial charge in [-0.3, -0.25) is 10.1 Å². The Morgan fingerprint density at radius 1 is 0.677 bits per heavy atom. The van der Waals surface area contributed by atoms with Gasteiger partial charge in [-0.25, -0.2) is 46.1 Å². The van der Waals surface area contributed by atoms with Gasteiger partial charge in [-0.2, -0.15) is 36.5 Å². The lowest BCUT2D eigenvalue weighted by molar-refractivity contribution is -0.383. The first-order valence-corrected chi connectivity index (χ1v) is 21.9. The van der Waals surface area contributed by atoms with Crippen molar-refractivity contribution in [2.75, 3.05) is 41.2 Å². The van der Waals surface area contributed by atoms with Crippen LogP contribution in [0.2, 0.25) is 0 Å². The summed E-state index contributed by atoms with van der Waals surface area (Å²) in [5.74, 6) is -5.33. The Labute approximate surface area is 348 Å². The molecule has 0 radical (unpaired) electrons. The number of pyridine rings is 4. The molecule has 0 aliphatic heterocycles. The van der Waals surface area contributed by atoms with E-state index in [2.05, 4.69) is 30.1 Å². The summed E-state index contributed by atoms with van der Waals surface area (Å²) < 4.78 is 129. The van der Waals surface area contributed by atoms with Crippen LogP contribution in [0.4, 0.5) is 49.4 Å². The molecule has 18 nitrogen and oxygen atoms in total. The number of nitrogens with zero attached hydrogens (tertiary/aromatic N) is 9. The molecule has 6 aromatic rings. The van der Waals surface area contributed by atoms with Crippen molar-refractivity contribution >= 4 is 42.7 Å². The predicted octanol–water partition coefficient (Wildman–Crippen LogP) is 5.47. The molecule has 6 rings (SSSR count). The summed E-state index contributed by atoms with van der Waals surface area (Å²) in [6.07, 6.45) is -0.462. The number of hydrogen-bond donors (Lipinski definition) is 3. The van der Waals surface area contributed by atoms with Crippen LogP contribution in [-0.2, 0) is 19.7 Å². The third-order valence-electron chi connectivity index (χ3n) is 8.98. The van der Waals surface area contributed by atoms with Crippen LogP contribution in [-0.4, -0.2) is 97.6 Å². The summed E-state index contributed by atoms with van der Waals surface area (Å²) in [6, 6.07) is 11.0. The standard InChI is InChI=1S/C18H17F3N6O4S.C18H19F3N6O2S/c1-32(30,31)8-6-13(18(19,20)21)14-3-2-4-15(25-14)26-10-11(9-24-26)12-5-7-23-17(22)16(12)27(28)29;1-30(28,29)8-6-13(18(19,20)21)14-3-2-4-15(26-14)27-10-11(9-25-27)12-5-7-24-17(23)16(12)22/h2-5,7,9-10,13H,6,8H2,1H3,(H2,22,23);2-5,7,9-10,13H,6,8,22H2,1H3,(H2,23,24). The summed E-state index contributed by atoms with van der Waals surface area (Å²) in [5.41, 5.74) is 18.0. The lowest BCUT2D eigenvalue weighted by Crippen LogP contribution is -2.24. The number of anilines is 3. The summed E-state index contributed by atoms with van der Waals surface area (Å²) in [6.45, 7) is 0. The molecule has 0 aliphatic carbocycles. The first kappa shape index (κ1) is 46.4. The summed E-state index contributed by atoms with van der Waals surface area (Å²) >= 11 is 0. The second kappa shape index (κ2) is 18.1. The van der Waals surface area contributed by atoms with Gasteiger partial charge in [0.15, 0.2) is 11.6 Å². The molecule has 2 atom stereocenters. The van der Waals surface area contributed by atoms with Crippen molar-refractivity contribution in [2.24, 2.45) is 0 Å². The van der Waals surface area contributed by atoms with E-state index in [-0.39, 0.29) is 51.5 Å². The Balaban J connectivity index is 0.000000235. The molecule has 6 heterocycles. The fourth-order valence-corrected chi connectivity index (χ4v) is 7.28. The van der Waals surface area contributed by atoms with Gasteiger partial charge < -0.3 is 17.2 Å². The topological polar surface area (TPSA) is 277 Å². The molecule has 0 saturated heterocycles. The highest BCUT2D eigenvalue weighted by Crippen LogP contribution is 2.39. The van der Waals surface area contributed by atoms with E-state index in [1.54, 1.807) is 12.3 Å². The molecular weight excluding hydrogens is 875 g/mol. The summed E-state index contributed by atoms with van der Waals surface area (Å²) in [4.78, 5) is 26.3. The number of hydrogen-bond acceptors (Lipinski definition) is 15. The summed E-state index contributed by atoms with van der Waals surface area (Å²) in [7, 11) is -7.16. The maximum atomic E-state index is 13.6. The number of nitrogen functional groups attached to an aromatic ring is 3. The molecular formula is C36H36F6N12O6S2. The van der Waals surface area contributed by atoms with Crippen LogP contribution >= 0.6 is 0 Å². The van der Waals surface area contributed by atoms with Crippen molar-refractivity contribution in [1.82, 2.24) is 39.5 Å².